The first-order valence-corrected chi connectivity index (χ1v) is 8.35. The van der Waals surface area contributed by atoms with E-state index >= 15 is 0 Å². The lowest BCUT2D eigenvalue weighted by Gasteiger charge is -2.37. The molecule has 27 heavy (non-hydrogen) atoms. The Morgan fingerprint density at radius 1 is 1.07 bits per heavy atom. The summed E-state index contributed by atoms with van der Waals surface area (Å²) in [4.78, 5) is 14.7. The van der Waals surface area contributed by atoms with Crippen molar-refractivity contribution in [3.8, 4) is 5.75 Å². The molecule has 1 amide bonds. The van der Waals surface area contributed by atoms with Gasteiger partial charge >= 0.3 is 6.61 Å². The average Bonchev–Trinajstić information content (AvgIpc) is 3.17. The number of hydrogen-bond acceptors (Lipinski definition) is 4. The number of anilines is 1. The highest BCUT2D eigenvalue weighted by atomic mass is 19.3. The van der Waals surface area contributed by atoms with E-state index < -0.39 is 12.8 Å². The zero-order valence-electron chi connectivity index (χ0n) is 14.1. The van der Waals surface area contributed by atoms with E-state index in [4.69, 9.17) is 4.42 Å². The van der Waals surface area contributed by atoms with Gasteiger partial charge in [0, 0.05) is 5.69 Å². The maximum Gasteiger partial charge on any atom is 0.387 e. The molecular formula is C20H16F2N2O3. The minimum absolute atomic E-state index is 0.0638. The van der Waals surface area contributed by atoms with Crippen molar-refractivity contribution in [1.29, 1.82) is 0 Å². The summed E-state index contributed by atoms with van der Waals surface area (Å²) in [5, 5.41) is 3.34. The van der Waals surface area contributed by atoms with E-state index in [-0.39, 0.29) is 18.2 Å². The quantitative estimate of drug-likeness (QED) is 0.710. The van der Waals surface area contributed by atoms with Crippen LogP contribution in [0.5, 0.6) is 5.75 Å². The second-order valence-corrected chi connectivity index (χ2v) is 6.05. The number of rotatable bonds is 5. The van der Waals surface area contributed by atoms with Gasteiger partial charge in [0.05, 0.1) is 18.4 Å². The van der Waals surface area contributed by atoms with Crippen LogP contribution in [0.3, 0.4) is 0 Å². The van der Waals surface area contributed by atoms with Gasteiger partial charge in [0.15, 0.2) is 0 Å². The van der Waals surface area contributed by atoms with Crippen molar-refractivity contribution in [3.05, 3.63) is 83.8 Å². The van der Waals surface area contributed by atoms with Crippen LogP contribution in [-0.4, -0.2) is 17.4 Å². The Hall–Kier alpha value is -3.35. The van der Waals surface area contributed by atoms with Crippen LogP contribution in [0.25, 0.3) is 0 Å². The van der Waals surface area contributed by atoms with Crippen LogP contribution in [0.2, 0.25) is 0 Å². The third-order valence-corrected chi connectivity index (χ3v) is 4.35. The van der Waals surface area contributed by atoms with Gasteiger partial charge in [-0.05, 0) is 42.0 Å². The number of benzene rings is 2. The fraction of sp³-hybridized carbons (Fsp3) is 0.150. The molecular weight excluding hydrogens is 354 g/mol. The van der Waals surface area contributed by atoms with Crippen LogP contribution in [0.1, 0.15) is 27.8 Å². The molecule has 1 aliphatic rings. The molecule has 7 heteroatoms. The summed E-state index contributed by atoms with van der Waals surface area (Å²) >= 11 is 0. The maximum atomic E-state index is 13.1. The minimum atomic E-state index is -2.88. The Morgan fingerprint density at radius 2 is 1.85 bits per heavy atom. The molecule has 1 atom stereocenters. The van der Waals surface area contributed by atoms with Crippen molar-refractivity contribution in [2.24, 2.45) is 0 Å². The average molecular weight is 370 g/mol. The Kier molecular flexibility index (Phi) is 4.50. The van der Waals surface area contributed by atoms with Crippen molar-refractivity contribution in [3.63, 3.8) is 0 Å². The topological polar surface area (TPSA) is 54.7 Å². The van der Waals surface area contributed by atoms with Crippen LogP contribution >= 0.6 is 0 Å². The molecule has 138 valence electrons. The van der Waals surface area contributed by atoms with Gasteiger partial charge in [0.2, 0.25) is 0 Å². The summed E-state index contributed by atoms with van der Waals surface area (Å²) < 4.78 is 34.5. The van der Waals surface area contributed by atoms with Gasteiger partial charge < -0.3 is 19.4 Å². The molecule has 0 aliphatic carbocycles. The number of furan rings is 1. The van der Waals surface area contributed by atoms with Crippen molar-refractivity contribution in [2.45, 2.75) is 19.3 Å². The normalized spacial score (nSPS) is 16.2. The summed E-state index contributed by atoms with van der Waals surface area (Å²) in [5.74, 6) is 0.569. The minimum Gasteiger partial charge on any atom is -0.467 e. The summed E-state index contributed by atoms with van der Waals surface area (Å²) in [5.41, 5.74) is 2.03. The molecule has 1 aromatic heterocycles. The van der Waals surface area contributed by atoms with E-state index in [2.05, 4.69) is 10.1 Å². The van der Waals surface area contributed by atoms with Crippen molar-refractivity contribution >= 4 is 11.6 Å². The Labute approximate surface area is 154 Å². The van der Waals surface area contributed by atoms with Crippen molar-refractivity contribution < 1.29 is 22.7 Å². The smallest absolute Gasteiger partial charge is 0.387 e. The molecule has 0 saturated carbocycles. The van der Waals surface area contributed by atoms with Crippen LogP contribution in [-0.2, 0) is 6.54 Å². The molecule has 0 spiro atoms. The number of para-hydroxylation sites is 1. The van der Waals surface area contributed by atoms with Crippen LogP contribution in [0.4, 0.5) is 14.5 Å². The van der Waals surface area contributed by atoms with Crippen molar-refractivity contribution in [2.75, 3.05) is 5.32 Å². The number of ether oxygens (including phenoxy) is 1. The standard InChI is InChI=1S/C20H16F2N2O3/c21-20(22)27-14-9-7-13(8-10-14)18-23-17-6-2-1-5-16(17)19(25)24(18)12-15-4-3-11-26-15/h1-11,18,20,23H,12H2. The number of hydrogen-bond donors (Lipinski definition) is 1. The molecule has 0 radical (unpaired) electrons. The van der Waals surface area contributed by atoms with Crippen LogP contribution < -0.4 is 10.1 Å². The third-order valence-electron chi connectivity index (χ3n) is 4.35. The van der Waals surface area contributed by atoms with Gasteiger partial charge in [-0.3, -0.25) is 4.79 Å². The summed E-state index contributed by atoms with van der Waals surface area (Å²) in [6, 6.07) is 17.0. The lowest BCUT2D eigenvalue weighted by atomic mass is 10.0. The second-order valence-electron chi connectivity index (χ2n) is 6.05. The lowest BCUT2D eigenvalue weighted by Crippen LogP contribution is -2.42. The molecule has 4 rings (SSSR count). The number of nitrogens with one attached hydrogen (secondary N) is 1. The number of halogens is 2. The molecule has 0 fully saturated rings. The zero-order valence-corrected chi connectivity index (χ0v) is 14.1. The summed E-state index contributed by atoms with van der Waals surface area (Å²) in [7, 11) is 0. The first-order chi connectivity index (χ1) is 13.1. The monoisotopic (exact) mass is 370 g/mol. The first-order valence-electron chi connectivity index (χ1n) is 8.35. The number of nitrogens with zero attached hydrogens (tertiary/aromatic N) is 1. The van der Waals surface area contributed by atoms with Gasteiger partial charge in [-0.1, -0.05) is 24.3 Å². The molecule has 0 bridgehead atoms. The van der Waals surface area contributed by atoms with E-state index in [1.54, 1.807) is 47.6 Å². The summed E-state index contributed by atoms with van der Waals surface area (Å²) in [6.45, 7) is -2.61. The van der Waals surface area contributed by atoms with Crippen LogP contribution in [0.15, 0.2) is 71.3 Å². The summed E-state index contributed by atoms with van der Waals surface area (Å²) in [6.07, 6.45) is 1.08. The van der Waals surface area contributed by atoms with Gasteiger partial charge in [-0.15, -0.1) is 0 Å². The fourth-order valence-electron chi connectivity index (χ4n) is 3.12. The molecule has 1 aliphatic heterocycles. The number of alkyl halides is 2. The number of fused-ring (bicyclic) bond motifs is 1. The van der Waals surface area contributed by atoms with E-state index in [0.29, 0.717) is 11.3 Å². The lowest BCUT2D eigenvalue weighted by molar-refractivity contribution is -0.0498. The first kappa shape index (κ1) is 17.1. The fourth-order valence-corrected chi connectivity index (χ4v) is 3.12. The molecule has 1 unspecified atom stereocenters. The highest BCUT2D eigenvalue weighted by Gasteiger charge is 2.33. The third kappa shape index (κ3) is 3.48. The van der Waals surface area contributed by atoms with Gasteiger partial charge in [-0.2, -0.15) is 8.78 Å². The number of carbonyl (C=O) groups excluding carboxylic acids is 1. The van der Waals surface area contributed by atoms with E-state index in [9.17, 15) is 13.6 Å². The van der Waals surface area contributed by atoms with E-state index in [1.165, 1.54) is 12.1 Å². The zero-order chi connectivity index (χ0) is 18.8. The molecule has 0 saturated heterocycles. The Morgan fingerprint density at radius 3 is 2.56 bits per heavy atom. The highest BCUT2D eigenvalue weighted by molar-refractivity contribution is 6.01. The molecule has 2 aromatic carbocycles. The number of carbonyl (C=O) groups is 1. The predicted octanol–water partition coefficient (Wildman–Crippen LogP) is 4.65. The molecule has 3 aromatic rings. The molecule has 5 nitrogen and oxygen atoms in total. The van der Waals surface area contributed by atoms with Crippen LogP contribution in [0, 0.1) is 0 Å². The van der Waals surface area contributed by atoms with E-state index in [1.807, 2.05) is 12.1 Å². The van der Waals surface area contributed by atoms with Gasteiger partial charge in [0.1, 0.15) is 17.7 Å². The SMILES string of the molecule is O=C1c2ccccc2NC(c2ccc(OC(F)F)cc2)N1Cc1ccco1. The highest BCUT2D eigenvalue weighted by Crippen LogP contribution is 2.34. The number of amides is 1. The van der Waals surface area contributed by atoms with Gasteiger partial charge in [0.25, 0.3) is 5.91 Å². The molecule has 2 heterocycles. The largest absolute Gasteiger partial charge is 0.467 e. The van der Waals surface area contributed by atoms with Crippen molar-refractivity contribution in [1.82, 2.24) is 4.90 Å². The molecule has 1 N–H and O–H groups in total. The predicted molar refractivity (Wildman–Crippen MR) is 94.5 cm³/mol. The Bertz CT molecular complexity index is 927. The second kappa shape index (κ2) is 7.11. The van der Waals surface area contributed by atoms with Gasteiger partial charge in [-0.25, -0.2) is 0 Å². The Balaban J connectivity index is 1.68. The van der Waals surface area contributed by atoms with E-state index in [0.717, 1.165) is 11.3 Å². The maximum absolute atomic E-state index is 13.1.